The van der Waals surface area contributed by atoms with Gasteiger partial charge >= 0.3 is 0 Å². The lowest BCUT2D eigenvalue weighted by Crippen LogP contribution is -2.29. The Bertz CT molecular complexity index is 953. The second-order valence-corrected chi connectivity index (χ2v) is 6.63. The van der Waals surface area contributed by atoms with E-state index in [1.807, 2.05) is 24.3 Å². The Morgan fingerprint density at radius 3 is 2.40 bits per heavy atom. The second-order valence-electron chi connectivity index (χ2n) is 5.28. The van der Waals surface area contributed by atoms with Crippen molar-refractivity contribution in [1.82, 2.24) is 9.78 Å². The Morgan fingerprint density at radius 2 is 1.72 bits per heavy atom. The Kier molecular flexibility index (Phi) is 5.31. The summed E-state index contributed by atoms with van der Waals surface area (Å²) in [7, 11) is 0. The standard InChI is InChI=1S/C18H13BrClN3O2/c19-13-3-1-12(2-4-13)16-9-10-18(25)23(22-16)11-17(24)21-15-7-5-14(20)6-8-15/h1-10H,11H2,(H,21,24). The van der Waals surface area contributed by atoms with Crippen molar-refractivity contribution in [3.63, 3.8) is 0 Å². The topological polar surface area (TPSA) is 64.0 Å². The number of rotatable bonds is 4. The summed E-state index contributed by atoms with van der Waals surface area (Å²) in [5, 5.41) is 7.56. The summed E-state index contributed by atoms with van der Waals surface area (Å²) in [6.07, 6.45) is 0. The molecule has 0 bridgehead atoms. The van der Waals surface area contributed by atoms with Crippen molar-refractivity contribution >= 4 is 39.1 Å². The fourth-order valence-corrected chi connectivity index (χ4v) is 2.60. The lowest BCUT2D eigenvalue weighted by molar-refractivity contribution is -0.117. The van der Waals surface area contributed by atoms with Crippen molar-refractivity contribution in [2.24, 2.45) is 0 Å². The first-order valence-electron chi connectivity index (χ1n) is 7.41. The van der Waals surface area contributed by atoms with Gasteiger partial charge in [-0.1, -0.05) is 39.7 Å². The number of aromatic nitrogens is 2. The molecule has 0 saturated heterocycles. The van der Waals surface area contributed by atoms with Crippen LogP contribution in [0.4, 0.5) is 5.69 Å². The van der Waals surface area contributed by atoms with Crippen LogP contribution in [-0.4, -0.2) is 15.7 Å². The number of anilines is 1. The van der Waals surface area contributed by atoms with E-state index in [9.17, 15) is 9.59 Å². The van der Waals surface area contributed by atoms with Crippen LogP contribution in [0.15, 0.2) is 69.9 Å². The van der Waals surface area contributed by atoms with Gasteiger partial charge in [0.2, 0.25) is 5.91 Å². The van der Waals surface area contributed by atoms with Crippen molar-refractivity contribution in [2.75, 3.05) is 5.32 Å². The SMILES string of the molecule is O=C(Cn1nc(-c2ccc(Br)cc2)ccc1=O)Nc1ccc(Cl)cc1. The van der Waals surface area contributed by atoms with Crippen LogP contribution in [0.1, 0.15) is 0 Å². The van der Waals surface area contributed by atoms with E-state index in [2.05, 4.69) is 26.3 Å². The van der Waals surface area contributed by atoms with Gasteiger partial charge < -0.3 is 5.32 Å². The van der Waals surface area contributed by atoms with Crippen molar-refractivity contribution in [1.29, 1.82) is 0 Å². The van der Waals surface area contributed by atoms with E-state index < -0.39 is 0 Å². The summed E-state index contributed by atoms with van der Waals surface area (Å²) in [6.45, 7) is -0.175. The molecule has 1 N–H and O–H groups in total. The van der Waals surface area contributed by atoms with Gasteiger partial charge in [0.15, 0.2) is 0 Å². The summed E-state index contributed by atoms with van der Waals surface area (Å²) in [5.41, 5.74) is 1.74. The molecule has 0 saturated carbocycles. The van der Waals surface area contributed by atoms with Gasteiger partial charge in [-0.15, -0.1) is 0 Å². The first-order valence-corrected chi connectivity index (χ1v) is 8.58. The van der Waals surface area contributed by atoms with Crippen molar-refractivity contribution in [2.45, 2.75) is 6.54 Å². The van der Waals surface area contributed by atoms with Crippen LogP contribution in [0, 0.1) is 0 Å². The van der Waals surface area contributed by atoms with Crippen LogP contribution in [0.2, 0.25) is 5.02 Å². The molecule has 5 nitrogen and oxygen atoms in total. The van der Waals surface area contributed by atoms with Gasteiger partial charge in [0, 0.05) is 26.8 Å². The number of nitrogens with one attached hydrogen (secondary N) is 1. The van der Waals surface area contributed by atoms with E-state index in [1.165, 1.54) is 6.07 Å². The van der Waals surface area contributed by atoms with Crippen molar-refractivity contribution in [3.05, 3.63) is 80.5 Å². The zero-order valence-electron chi connectivity index (χ0n) is 12.9. The molecule has 126 valence electrons. The largest absolute Gasteiger partial charge is 0.324 e. The summed E-state index contributed by atoms with van der Waals surface area (Å²) in [5.74, 6) is -0.343. The van der Waals surface area contributed by atoms with Gasteiger partial charge in [0.25, 0.3) is 5.56 Å². The summed E-state index contributed by atoms with van der Waals surface area (Å²) < 4.78 is 2.09. The number of carbonyl (C=O) groups is 1. The molecule has 3 aromatic rings. The molecule has 1 amide bonds. The Labute approximate surface area is 157 Å². The molecule has 25 heavy (non-hydrogen) atoms. The average Bonchev–Trinajstić information content (AvgIpc) is 2.60. The lowest BCUT2D eigenvalue weighted by Gasteiger charge is -2.08. The van der Waals surface area contributed by atoms with E-state index in [-0.39, 0.29) is 18.0 Å². The van der Waals surface area contributed by atoms with E-state index in [0.717, 1.165) is 14.7 Å². The van der Waals surface area contributed by atoms with Crippen molar-refractivity contribution in [3.8, 4) is 11.3 Å². The Morgan fingerprint density at radius 1 is 1.04 bits per heavy atom. The van der Waals surface area contributed by atoms with Crippen LogP contribution in [0.25, 0.3) is 11.3 Å². The molecule has 0 atom stereocenters. The molecule has 7 heteroatoms. The maximum Gasteiger partial charge on any atom is 0.267 e. The first-order chi connectivity index (χ1) is 12.0. The molecular formula is C18H13BrClN3O2. The second kappa shape index (κ2) is 7.63. The van der Waals surface area contributed by atoms with E-state index >= 15 is 0 Å². The van der Waals surface area contributed by atoms with Crippen LogP contribution < -0.4 is 10.9 Å². The minimum atomic E-state index is -0.343. The molecule has 0 aliphatic heterocycles. The number of nitrogens with zero attached hydrogens (tertiary/aromatic N) is 2. The van der Waals surface area contributed by atoms with E-state index in [4.69, 9.17) is 11.6 Å². The summed E-state index contributed by atoms with van der Waals surface area (Å²) in [6, 6.07) is 17.3. The summed E-state index contributed by atoms with van der Waals surface area (Å²) in [4.78, 5) is 24.1. The lowest BCUT2D eigenvalue weighted by atomic mass is 10.1. The Balaban J connectivity index is 1.78. The van der Waals surface area contributed by atoms with Crippen LogP contribution in [0.5, 0.6) is 0 Å². The minimum Gasteiger partial charge on any atom is -0.324 e. The molecule has 0 fully saturated rings. The molecular weight excluding hydrogens is 406 g/mol. The van der Waals surface area contributed by atoms with Gasteiger partial charge in [-0.05, 0) is 42.5 Å². The number of amides is 1. The zero-order chi connectivity index (χ0) is 17.8. The van der Waals surface area contributed by atoms with Gasteiger partial charge in [-0.25, -0.2) is 4.68 Å². The van der Waals surface area contributed by atoms with Crippen LogP contribution in [-0.2, 0) is 11.3 Å². The molecule has 3 rings (SSSR count). The highest BCUT2D eigenvalue weighted by Crippen LogP contribution is 2.19. The highest BCUT2D eigenvalue weighted by Gasteiger charge is 2.08. The number of hydrogen-bond acceptors (Lipinski definition) is 3. The molecule has 0 unspecified atom stereocenters. The summed E-state index contributed by atoms with van der Waals surface area (Å²) >= 11 is 9.19. The van der Waals surface area contributed by atoms with E-state index in [0.29, 0.717) is 16.4 Å². The monoisotopic (exact) mass is 417 g/mol. The van der Waals surface area contributed by atoms with Gasteiger partial charge in [0.05, 0.1) is 5.69 Å². The fraction of sp³-hybridized carbons (Fsp3) is 0.0556. The van der Waals surface area contributed by atoms with Crippen molar-refractivity contribution < 1.29 is 4.79 Å². The number of benzene rings is 2. The third kappa shape index (κ3) is 4.55. The molecule has 0 radical (unpaired) electrons. The smallest absolute Gasteiger partial charge is 0.267 e. The average molecular weight is 419 g/mol. The van der Waals surface area contributed by atoms with Crippen LogP contribution in [0.3, 0.4) is 0 Å². The highest BCUT2D eigenvalue weighted by molar-refractivity contribution is 9.10. The number of halogens is 2. The third-order valence-corrected chi connectivity index (χ3v) is 4.21. The van der Waals surface area contributed by atoms with Gasteiger partial charge in [0.1, 0.15) is 6.54 Å². The molecule has 2 aromatic carbocycles. The van der Waals surface area contributed by atoms with E-state index in [1.54, 1.807) is 30.3 Å². The normalized spacial score (nSPS) is 10.5. The number of carbonyl (C=O) groups excluding carboxylic acids is 1. The minimum absolute atomic E-state index is 0.175. The predicted octanol–water partition coefficient (Wildman–Crippen LogP) is 3.96. The molecule has 1 aromatic heterocycles. The maximum absolute atomic E-state index is 12.2. The maximum atomic E-state index is 12.2. The van der Waals surface area contributed by atoms with Crippen LogP contribution >= 0.6 is 27.5 Å². The molecule has 0 spiro atoms. The Hall–Kier alpha value is -2.44. The quantitative estimate of drug-likeness (QED) is 0.697. The first kappa shape index (κ1) is 17.4. The predicted molar refractivity (Wildman–Crippen MR) is 102 cm³/mol. The van der Waals surface area contributed by atoms with Gasteiger partial charge in [-0.2, -0.15) is 5.10 Å². The number of hydrogen-bond donors (Lipinski definition) is 1. The highest BCUT2D eigenvalue weighted by atomic mass is 79.9. The molecule has 1 heterocycles. The third-order valence-electron chi connectivity index (χ3n) is 3.43. The fourth-order valence-electron chi connectivity index (χ4n) is 2.21. The molecule has 0 aliphatic carbocycles. The molecule has 0 aliphatic rings. The zero-order valence-corrected chi connectivity index (χ0v) is 15.3. The van der Waals surface area contributed by atoms with Gasteiger partial charge in [-0.3, -0.25) is 9.59 Å².